The maximum atomic E-state index is 11.2. The van der Waals surface area contributed by atoms with Crippen LogP contribution in [0.15, 0.2) is 24.3 Å². The summed E-state index contributed by atoms with van der Waals surface area (Å²) in [7, 11) is 0. The molecule has 0 radical (unpaired) electrons. The molecule has 1 heterocycles. The van der Waals surface area contributed by atoms with E-state index in [4.69, 9.17) is 19.2 Å². The highest BCUT2D eigenvalue weighted by molar-refractivity contribution is 5.69. The second kappa shape index (κ2) is 6.53. The van der Waals surface area contributed by atoms with E-state index in [2.05, 4.69) is 12.1 Å². The molecule has 0 unspecified atom stereocenters. The summed E-state index contributed by atoms with van der Waals surface area (Å²) in [6, 6.07) is 7.89. The zero-order valence-corrected chi connectivity index (χ0v) is 17.1. The van der Waals surface area contributed by atoms with Gasteiger partial charge in [-0.15, -0.1) is 0 Å². The summed E-state index contributed by atoms with van der Waals surface area (Å²) >= 11 is 0. The Morgan fingerprint density at radius 2 is 1.69 bits per heavy atom. The molecule has 2 spiro atoms. The van der Waals surface area contributed by atoms with Gasteiger partial charge in [0, 0.05) is 31.6 Å². The molecule has 0 aromatic heterocycles. The van der Waals surface area contributed by atoms with Gasteiger partial charge in [0.15, 0.2) is 0 Å². The van der Waals surface area contributed by atoms with Crippen LogP contribution in [0.4, 0.5) is 0 Å². The van der Waals surface area contributed by atoms with E-state index in [-0.39, 0.29) is 5.97 Å². The fourth-order valence-corrected chi connectivity index (χ4v) is 7.23. The van der Waals surface area contributed by atoms with Crippen molar-refractivity contribution in [3.8, 4) is 5.75 Å². The van der Waals surface area contributed by atoms with Crippen LogP contribution >= 0.6 is 0 Å². The molecule has 156 valence electrons. The Bertz CT molecular complexity index is 774. The maximum absolute atomic E-state index is 11.2. The molecule has 1 aromatic rings. The van der Waals surface area contributed by atoms with E-state index in [1.165, 1.54) is 44.6 Å². The highest BCUT2D eigenvalue weighted by Gasteiger charge is 2.67. The Morgan fingerprint density at radius 1 is 1.00 bits per heavy atom. The quantitative estimate of drug-likeness (QED) is 0.394. The van der Waals surface area contributed by atoms with Crippen LogP contribution < -0.4 is 4.74 Å². The van der Waals surface area contributed by atoms with E-state index >= 15 is 0 Å². The van der Waals surface area contributed by atoms with Crippen molar-refractivity contribution in [2.24, 2.45) is 23.7 Å². The molecule has 5 aliphatic carbocycles. The fraction of sp³-hybridized carbons (Fsp3) is 0.708. The second-order valence-electron chi connectivity index (χ2n) is 10.2. The van der Waals surface area contributed by atoms with Crippen LogP contribution in [0, 0.1) is 23.7 Å². The highest BCUT2D eigenvalue weighted by Crippen LogP contribution is 2.64. The van der Waals surface area contributed by atoms with Crippen molar-refractivity contribution in [3.05, 3.63) is 29.8 Å². The largest absolute Gasteiger partial charge is 0.427 e. The van der Waals surface area contributed by atoms with Gasteiger partial charge in [0.2, 0.25) is 11.6 Å². The number of hydrogen-bond donors (Lipinski definition) is 0. The zero-order valence-electron chi connectivity index (χ0n) is 17.1. The lowest BCUT2D eigenvalue weighted by molar-refractivity contribution is -0.390. The molecule has 5 saturated carbocycles. The minimum Gasteiger partial charge on any atom is -0.427 e. The molecule has 1 aliphatic heterocycles. The molecule has 2 atom stereocenters. The van der Waals surface area contributed by atoms with Crippen LogP contribution in [0.5, 0.6) is 5.75 Å². The third kappa shape index (κ3) is 2.96. The van der Waals surface area contributed by atoms with Crippen molar-refractivity contribution < 1.29 is 24.0 Å². The second-order valence-corrected chi connectivity index (χ2v) is 10.2. The first-order valence-electron chi connectivity index (χ1n) is 11.4. The molecule has 5 heteroatoms. The first-order valence-corrected chi connectivity index (χ1v) is 11.4. The van der Waals surface area contributed by atoms with Crippen LogP contribution in [0.3, 0.4) is 0 Å². The summed E-state index contributed by atoms with van der Waals surface area (Å²) in [4.78, 5) is 23.4. The number of ether oxygens (including phenoxy) is 2. The first kappa shape index (κ1) is 18.3. The van der Waals surface area contributed by atoms with Gasteiger partial charge in [0.25, 0.3) is 0 Å². The van der Waals surface area contributed by atoms with E-state index in [0.717, 1.165) is 37.5 Å². The summed E-state index contributed by atoms with van der Waals surface area (Å²) in [5, 5.41) is 0. The summed E-state index contributed by atoms with van der Waals surface area (Å²) < 4.78 is 12.0. The predicted molar refractivity (Wildman–Crippen MR) is 105 cm³/mol. The summed E-state index contributed by atoms with van der Waals surface area (Å²) in [6.07, 6.45) is 10.3. The van der Waals surface area contributed by atoms with Crippen molar-refractivity contribution in [2.45, 2.75) is 82.2 Å². The number of carbonyl (C=O) groups excluding carboxylic acids is 1. The minimum atomic E-state index is -0.604. The molecule has 7 rings (SSSR count). The summed E-state index contributed by atoms with van der Waals surface area (Å²) in [6.45, 7) is 1.42. The topological polar surface area (TPSA) is 54.0 Å². The average molecular weight is 398 g/mol. The van der Waals surface area contributed by atoms with Crippen LogP contribution in [0.2, 0.25) is 0 Å². The molecule has 6 aliphatic rings. The van der Waals surface area contributed by atoms with Gasteiger partial charge in [-0.25, -0.2) is 0 Å². The number of benzene rings is 1. The Balaban J connectivity index is 1.20. The monoisotopic (exact) mass is 398 g/mol. The van der Waals surface area contributed by atoms with Gasteiger partial charge in [-0.05, 0) is 80.4 Å². The highest BCUT2D eigenvalue weighted by atomic mass is 17.3. The predicted octanol–water partition coefficient (Wildman–Crippen LogP) is 5.10. The Hall–Kier alpha value is -1.43. The molecule has 0 amide bonds. The number of carbonyl (C=O) groups is 1. The fourth-order valence-electron chi connectivity index (χ4n) is 7.23. The van der Waals surface area contributed by atoms with Crippen LogP contribution in [-0.2, 0) is 19.3 Å². The van der Waals surface area contributed by atoms with Crippen molar-refractivity contribution in [3.63, 3.8) is 0 Å². The molecule has 1 aromatic carbocycles. The van der Waals surface area contributed by atoms with Gasteiger partial charge in [0.05, 0.1) is 0 Å². The van der Waals surface area contributed by atoms with Crippen molar-refractivity contribution in [2.75, 3.05) is 0 Å². The summed E-state index contributed by atoms with van der Waals surface area (Å²) in [5.74, 6) is 2.33. The van der Waals surface area contributed by atoms with Crippen LogP contribution in [0.1, 0.15) is 76.2 Å². The normalized spacial score (nSPS) is 45.2. The lowest BCUT2D eigenvalue weighted by atomic mass is 9.53. The molecule has 0 N–H and O–H groups in total. The van der Waals surface area contributed by atoms with Crippen molar-refractivity contribution >= 4 is 5.97 Å². The molecule has 5 nitrogen and oxygen atoms in total. The van der Waals surface area contributed by atoms with Gasteiger partial charge in [-0.1, -0.05) is 12.1 Å². The smallest absolute Gasteiger partial charge is 0.308 e. The van der Waals surface area contributed by atoms with E-state index < -0.39 is 11.6 Å². The first-order chi connectivity index (χ1) is 14.0. The zero-order chi connectivity index (χ0) is 19.6. The SMILES string of the molecule is CC(=O)Oc1ccc([C@@H]2CCC[C@]3(C2)OOC2(O3)C3CC4CC(C3)CC2C4)cc1. The Labute approximate surface area is 172 Å². The van der Waals surface area contributed by atoms with Gasteiger partial charge >= 0.3 is 5.97 Å². The number of rotatable bonds is 2. The van der Waals surface area contributed by atoms with E-state index in [0.29, 0.717) is 23.5 Å². The van der Waals surface area contributed by atoms with Crippen LogP contribution in [-0.4, -0.2) is 17.5 Å². The number of hydrogen-bond acceptors (Lipinski definition) is 5. The molecular weight excluding hydrogens is 368 g/mol. The minimum absolute atomic E-state index is 0.291. The maximum Gasteiger partial charge on any atom is 0.308 e. The molecule has 6 fully saturated rings. The molecular formula is C24H30O5. The number of esters is 1. The van der Waals surface area contributed by atoms with Gasteiger partial charge in [-0.2, -0.15) is 9.78 Å². The van der Waals surface area contributed by atoms with E-state index in [1.54, 1.807) is 0 Å². The molecule has 4 bridgehead atoms. The van der Waals surface area contributed by atoms with Gasteiger partial charge in [0.1, 0.15) is 5.75 Å². The van der Waals surface area contributed by atoms with Gasteiger partial charge in [-0.3, -0.25) is 4.79 Å². The Morgan fingerprint density at radius 3 is 2.34 bits per heavy atom. The van der Waals surface area contributed by atoms with E-state index in [1.807, 2.05) is 12.1 Å². The third-order valence-corrected chi connectivity index (χ3v) is 8.23. The lowest BCUT2D eigenvalue weighted by Crippen LogP contribution is -2.59. The lowest BCUT2D eigenvalue weighted by Gasteiger charge is -2.57. The van der Waals surface area contributed by atoms with Gasteiger partial charge < -0.3 is 9.47 Å². The molecule has 29 heavy (non-hydrogen) atoms. The van der Waals surface area contributed by atoms with E-state index in [9.17, 15) is 4.79 Å². The third-order valence-electron chi connectivity index (χ3n) is 8.23. The average Bonchev–Trinajstić information content (AvgIpc) is 3.05. The van der Waals surface area contributed by atoms with Crippen molar-refractivity contribution in [1.82, 2.24) is 0 Å². The Kier molecular flexibility index (Phi) is 4.13. The van der Waals surface area contributed by atoms with Crippen LogP contribution in [0.25, 0.3) is 0 Å². The summed E-state index contributed by atoms with van der Waals surface area (Å²) in [5.41, 5.74) is 1.25. The standard InChI is InChI=1S/C24H30O5/c1-15(25)26-22-6-4-18(5-7-22)19-3-2-8-23(14-19)27-24(29-28-23)20-10-16-9-17(12-20)13-21(24)11-16/h4-7,16-17,19-21H,2-3,8-14H2,1H3/t16?,17?,19-,20?,21?,23-,24?/m1/s1. The molecule has 1 saturated heterocycles. The van der Waals surface area contributed by atoms with Crippen molar-refractivity contribution in [1.29, 1.82) is 0 Å².